The molecule has 0 amide bonds. The Kier molecular flexibility index (Phi) is 5.43. The first-order chi connectivity index (χ1) is 15.9. The Morgan fingerprint density at radius 2 is 1.94 bits per heavy atom. The number of fused-ring (bicyclic) bond motifs is 2. The Hall–Kier alpha value is -3.56. The van der Waals surface area contributed by atoms with E-state index in [2.05, 4.69) is 4.98 Å². The van der Waals surface area contributed by atoms with Crippen LogP contribution in [0.4, 0.5) is 0 Å². The number of ether oxygens (including phenoxy) is 3. The van der Waals surface area contributed by atoms with Crippen LogP contribution in [0.25, 0.3) is 11.0 Å². The van der Waals surface area contributed by atoms with Gasteiger partial charge in [-0.1, -0.05) is 18.2 Å². The van der Waals surface area contributed by atoms with E-state index in [1.54, 1.807) is 25.4 Å². The molecule has 33 heavy (non-hydrogen) atoms. The second-order valence-corrected chi connectivity index (χ2v) is 9.26. The van der Waals surface area contributed by atoms with Crippen molar-refractivity contribution < 1.29 is 27.0 Å². The number of primary sulfonamides is 1. The van der Waals surface area contributed by atoms with Gasteiger partial charge in [0.2, 0.25) is 10.0 Å². The fraction of sp³-hybridized carbons (Fsp3) is 0.208. The maximum Gasteiger partial charge on any atom is 0.238 e. The Morgan fingerprint density at radius 1 is 1.09 bits per heavy atom. The number of benzene rings is 2. The van der Waals surface area contributed by atoms with Gasteiger partial charge in [-0.05, 0) is 36.4 Å². The third kappa shape index (κ3) is 4.12. The van der Waals surface area contributed by atoms with Crippen LogP contribution in [-0.2, 0) is 10.0 Å². The van der Waals surface area contributed by atoms with E-state index >= 15 is 0 Å². The van der Waals surface area contributed by atoms with E-state index in [4.69, 9.17) is 23.8 Å². The highest BCUT2D eigenvalue weighted by molar-refractivity contribution is 7.89. The Labute approximate surface area is 191 Å². The second kappa shape index (κ2) is 8.42. The molecule has 2 aromatic heterocycles. The summed E-state index contributed by atoms with van der Waals surface area (Å²) in [6.45, 7) is 0.303. The zero-order valence-electron chi connectivity index (χ0n) is 17.8. The molecule has 1 aliphatic heterocycles. The van der Waals surface area contributed by atoms with Gasteiger partial charge < -0.3 is 18.6 Å². The molecular weight excluding hydrogens is 444 g/mol. The van der Waals surface area contributed by atoms with E-state index in [0.717, 1.165) is 11.0 Å². The highest BCUT2D eigenvalue weighted by Crippen LogP contribution is 2.41. The van der Waals surface area contributed by atoms with Gasteiger partial charge >= 0.3 is 0 Å². The third-order valence-corrected chi connectivity index (χ3v) is 6.53. The minimum atomic E-state index is -3.86. The predicted molar refractivity (Wildman–Crippen MR) is 121 cm³/mol. The average Bonchev–Trinajstić information content (AvgIpc) is 3.11. The van der Waals surface area contributed by atoms with Crippen molar-refractivity contribution >= 4 is 21.0 Å². The van der Waals surface area contributed by atoms with Gasteiger partial charge in [0.25, 0.3) is 0 Å². The molecule has 8 nitrogen and oxygen atoms in total. The molecule has 170 valence electrons. The number of hydrogen-bond donors (Lipinski definition) is 1. The molecule has 2 N–H and O–H groups in total. The fourth-order valence-corrected chi connectivity index (χ4v) is 4.60. The lowest BCUT2D eigenvalue weighted by Crippen LogP contribution is -2.27. The maximum atomic E-state index is 11.7. The molecule has 9 heteroatoms. The fourth-order valence-electron chi connectivity index (χ4n) is 4.08. The predicted octanol–water partition coefficient (Wildman–Crippen LogP) is 3.85. The first-order valence-corrected chi connectivity index (χ1v) is 11.9. The average molecular weight is 467 g/mol. The molecule has 2 atom stereocenters. The van der Waals surface area contributed by atoms with Crippen molar-refractivity contribution in [1.29, 1.82) is 0 Å². The van der Waals surface area contributed by atoms with Crippen molar-refractivity contribution in [3.63, 3.8) is 0 Å². The summed E-state index contributed by atoms with van der Waals surface area (Å²) in [7, 11) is -2.27. The molecule has 0 saturated carbocycles. The van der Waals surface area contributed by atoms with Gasteiger partial charge in [0.05, 0.1) is 24.3 Å². The molecule has 0 saturated heterocycles. The Morgan fingerprint density at radius 3 is 2.73 bits per heavy atom. The van der Waals surface area contributed by atoms with Crippen molar-refractivity contribution in [2.45, 2.75) is 23.3 Å². The lowest BCUT2D eigenvalue weighted by molar-refractivity contribution is 0.161. The van der Waals surface area contributed by atoms with E-state index in [0.29, 0.717) is 41.7 Å². The molecule has 0 radical (unpaired) electrons. The van der Waals surface area contributed by atoms with E-state index in [1.807, 2.05) is 36.4 Å². The van der Waals surface area contributed by atoms with Gasteiger partial charge in [-0.15, -0.1) is 0 Å². The van der Waals surface area contributed by atoms with Crippen molar-refractivity contribution in [3.05, 3.63) is 78.3 Å². The summed E-state index contributed by atoms with van der Waals surface area (Å²) in [6.07, 6.45) is 1.78. The zero-order chi connectivity index (χ0) is 23.0. The normalized spacial score (nSPS) is 16.8. The van der Waals surface area contributed by atoms with Gasteiger partial charge in [-0.3, -0.25) is 4.98 Å². The highest BCUT2D eigenvalue weighted by atomic mass is 32.2. The van der Waals surface area contributed by atoms with Gasteiger partial charge in [-0.25, -0.2) is 13.6 Å². The lowest BCUT2D eigenvalue weighted by atomic mass is 9.92. The lowest BCUT2D eigenvalue weighted by Gasteiger charge is -2.25. The van der Waals surface area contributed by atoms with E-state index in [9.17, 15) is 8.42 Å². The Balaban J connectivity index is 1.61. The molecule has 0 aliphatic carbocycles. The molecule has 2 aromatic carbocycles. The number of methoxy groups -OCH3 is 1. The summed E-state index contributed by atoms with van der Waals surface area (Å²) in [5.41, 5.74) is 1.43. The first kappa shape index (κ1) is 21.3. The van der Waals surface area contributed by atoms with E-state index in [1.165, 1.54) is 12.1 Å². The van der Waals surface area contributed by atoms with Gasteiger partial charge in [0, 0.05) is 24.1 Å². The van der Waals surface area contributed by atoms with Crippen LogP contribution >= 0.6 is 0 Å². The zero-order valence-corrected chi connectivity index (χ0v) is 18.6. The number of hydrogen-bond acceptors (Lipinski definition) is 7. The van der Waals surface area contributed by atoms with Crippen LogP contribution in [0.5, 0.6) is 17.2 Å². The summed E-state index contributed by atoms with van der Waals surface area (Å²) in [5.74, 6) is 1.63. The van der Waals surface area contributed by atoms with Crippen LogP contribution in [0.15, 0.2) is 76.2 Å². The van der Waals surface area contributed by atoms with Crippen molar-refractivity contribution in [2.75, 3.05) is 13.7 Å². The summed E-state index contributed by atoms with van der Waals surface area (Å²) in [6, 6.07) is 17.7. The molecule has 0 spiro atoms. The molecule has 1 unspecified atom stereocenters. The monoisotopic (exact) mass is 466 g/mol. The number of furan rings is 1. The minimum absolute atomic E-state index is 0.0384. The van der Waals surface area contributed by atoms with Crippen molar-refractivity contribution in [3.8, 4) is 17.2 Å². The minimum Gasteiger partial charge on any atom is -0.495 e. The summed E-state index contributed by atoms with van der Waals surface area (Å²) in [4.78, 5) is 4.56. The van der Waals surface area contributed by atoms with Gasteiger partial charge in [-0.2, -0.15) is 0 Å². The van der Waals surface area contributed by atoms with Crippen molar-refractivity contribution in [2.24, 2.45) is 5.14 Å². The van der Waals surface area contributed by atoms with Crippen LogP contribution in [-0.4, -0.2) is 33.2 Å². The molecule has 1 aliphatic rings. The van der Waals surface area contributed by atoms with Gasteiger partial charge in [0.15, 0.2) is 11.5 Å². The number of rotatable bonds is 5. The number of para-hydroxylation sites is 1. The largest absolute Gasteiger partial charge is 0.495 e. The summed E-state index contributed by atoms with van der Waals surface area (Å²) in [5, 5.41) is 6.23. The smallest absolute Gasteiger partial charge is 0.238 e. The van der Waals surface area contributed by atoms with Crippen LogP contribution in [0.1, 0.15) is 23.8 Å². The maximum absolute atomic E-state index is 11.7. The molecule has 5 rings (SSSR count). The Bertz CT molecular complexity index is 1380. The standard InChI is InChI=1S/C24H22N2O6S/c1-29-20-7-4-11-26-24(20)23(22-13-15-5-2-3-6-17(15)31-22)19-10-12-30-21-14-16(33(25,27)28)8-9-18(21)32-19/h2-9,11,13-14,19,23H,10,12H2,1H3,(H2,25,27,28)/t19?,23-/m1/s1. The van der Waals surface area contributed by atoms with Crippen molar-refractivity contribution in [1.82, 2.24) is 4.98 Å². The topological polar surface area (TPSA) is 114 Å². The van der Waals surface area contributed by atoms with Crippen LogP contribution < -0.4 is 19.3 Å². The summed E-state index contributed by atoms with van der Waals surface area (Å²) < 4.78 is 47.5. The molecule has 4 aromatic rings. The molecule has 3 heterocycles. The molecular formula is C24H22N2O6S. The highest BCUT2D eigenvalue weighted by Gasteiger charge is 2.35. The van der Waals surface area contributed by atoms with E-state index < -0.39 is 22.0 Å². The number of aromatic nitrogens is 1. The van der Waals surface area contributed by atoms with Crippen LogP contribution in [0.3, 0.4) is 0 Å². The third-order valence-electron chi connectivity index (χ3n) is 5.62. The quantitative estimate of drug-likeness (QED) is 0.475. The number of pyridine rings is 1. The van der Waals surface area contributed by atoms with E-state index in [-0.39, 0.29) is 4.90 Å². The second-order valence-electron chi connectivity index (χ2n) is 7.70. The molecule has 0 bridgehead atoms. The number of nitrogens with two attached hydrogens (primary N) is 1. The molecule has 0 fully saturated rings. The first-order valence-electron chi connectivity index (χ1n) is 10.4. The number of nitrogens with zero attached hydrogens (tertiary/aromatic N) is 1. The van der Waals surface area contributed by atoms with Crippen LogP contribution in [0, 0.1) is 0 Å². The van der Waals surface area contributed by atoms with Crippen LogP contribution in [0.2, 0.25) is 0 Å². The number of sulfonamides is 1. The SMILES string of the molecule is COc1cccnc1[C@@H](c1cc2ccccc2o1)C1CCOc2cc(S(N)(=O)=O)ccc2O1. The summed E-state index contributed by atoms with van der Waals surface area (Å²) >= 11 is 0. The van der Waals surface area contributed by atoms with Gasteiger partial charge in [0.1, 0.15) is 29.1 Å².